The number of benzene rings is 1. The molecule has 90 valence electrons. The van der Waals surface area contributed by atoms with E-state index in [1.165, 1.54) is 0 Å². The average molecular weight is 231 g/mol. The number of rotatable bonds is 4. The van der Waals surface area contributed by atoms with Crippen molar-refractivity contribution >= 4 is 16.9 Å². The van der Waals surface area contributed by atoms with E-state index < -0.39 is 5.97 Å². The van der Waals surface area contributed by atoms with Crippen LogP contribution in [0.1, 0.15) is 30.6 Å². The second-order valence-electron chi connectivity index (χ2n) is 4.53. The molecule has 0 amide bonds. The van der Waals surface area contributed by atoms with E-state index in [2.05, 4.69) is 13.8 Å². The normalized spacial score (nSPS) is 12.8. The molecule has 0 bridgehead atoms. The molecule has 1 aromatic carbocycles. The molecule has 3 heteroatoms. The van der Waals surface area contributed by atoms with Gasteiger partial charge in [0.1, 0.15) is 0 Å². The van der Waals surface area contributed by atoms with E-state index in [0.29, 0.717) is 11.5 Å². The third-order valence-electron chi connectivity index (χ3n) is 3.22. The lowest BCUT2D eigenvalue weighted by atomic mass is 10.1. The Labute approximate surface area is 101 Å². The molecule has 2 rings (SSSR count). The summed E-state index contributed by atoms with van der Waals surface area (Å²) < 4.78 is 2.05. The standard InChI is InChI=1S/C14H17NO2/c1-3-10(2)9-15-8-7-11-5-4-6-12(13(11)15)14(16)17/h4-8,10H,3,9H2,1-2H3,(H,16,17). The smallest absolute Gasteiger partial charge is 0.337 e. The van der Waals surface area contributed by atoms with Crippen molar-refractivity contribution in [2.24, 2.45) is 5.92 Å². The van der Waals surface area contributed by atoms with Crippen LogP contribution in [-0.4, -0.2) is 15.6 Å². The first-order valence-electron chi connectivity index (χ1n) is 5.94. The van der Waals surface area contributed by atoms with Gasteiger partial charge in [0.25, 0.3) is 0 Å². The number of hydrogen-bond acceptors (Lipinski definition) is 1. The van der Waals surface area contributed by atoms with Gasteiger partial charge in [-0.25, -0.2) is 4.79 Å². The zero-order chi connectivity index (χ0) is 12.4. The molecular weight excluding hydrogens is 214 g/mol. The van der Waals surface area contributed by atoms with Crippen LogP contribution in [0.15, 0.2) is 30.5 Å². The maximum Gasteiger partial charge on any atom is 0.337 e. The van der Waals surface area contributed by atoms with Crippen LogP contribution in [-0.2, 0) is 6.54 Å². The van der Waals surface area contributed by atoms with Gasteiger partial charge in [-0.15, -0.1) is 0 Å². The largest absolute Gasteiger partial charge is 0.478 e. The monoisotopic (exact) mass is 231 g/mol. The highest BCUT2D eigenvalue weighted by atomic mass is 16.4. The lowest BCUT2D eigenvalue weighted by Crippen LogP contribution is -2.08. The van der Waals surface area contributed by atoms with E-state index in [0.717, 1.165) is 23.9 Å². The van der Waals surface area contributed by atoms with Crippen molar-refractivity contribution in [3.05, 3.63) is 36.0 Å². The van der Waals surface area contributed by atoms with Crippen molar-refractivity contribution < 1.29 is 9.90 Å². The van der Waals surface area contributed by atoms with Crippen molar-refractivity contribution in [3.8, 4) is 0 Å². The van der Waals surface area contributed by atoms with Gasteiger partial charge in [0, 0.05) is 18.1 Å². The summed E-state index contributed by atoms with van der Waals surface area (Å²) in [7, 11) is 0. The summed E-state index contributed by atoms with van der Waals surface area (Å²) in [6.45, 7) is 5.19. The minimum absolute atomic E-state index is 0.385. The summed E-state index contributed by atoms with van der Waals surface area (Å²) >= 11 is 0. The molecule has 1 aromatic heterocycles. The van der Waals surface area contributed by atoms with Gasteiger partial charge in [-0.3, -0.25) is 0 Å². The second-order valence-corrected chi connectivity index (χ2v) is 4.53. The summed E-state index contributed by atoms with van der Waals surface area (Å²) in [6.07, 6.45) is 3.07. The van der Waals surface area contributed by atoms with Crippen LogP contribution in [0.4, 0.5) is 0 Å². The fourth-order valence-electron chi connectivity index (χ4n) is 2.05. The number of hydrogen-bond donors (Lipinski definition) is 1. The summed E-state index contributed by atoms with van der Waals surface area (Å²) in [5, 5.41) is 10.2. The van der Waals surface area contributed by atoms with E-state index in [4.69, 9.17) is 0 Å². The maximum atomic E-state index is 11.2. The van der Waals surface area contributed by atoms with Crippen LogP contribution < -0.4 is 0 Å². The highest BCUT2D eigenvalue weighted by Crippen LogP contribution is 2.22. The minimum atomic E-state index is -0.861. The van der Waals surface area contributed by atoms with E-state index in [1.54, 1.807) is 12.1 Å². The molecular formula is C14H17NO2. The van der Waals surface area contributed by atoms with E-state index >= 15 is 0 Å². The summed E-state index contributed by atoms with van der Waals surface area (Å²) in [4.78, 5) is 11.2. The van der Waals surface area contributed by atoms with Crippen molar-refractivity contribution in [1.82, 2.24) is 4.57 Å². The highest BCUT2D eigenvalue weighted by Gasteiger charge is 2.12. The van der Waals surface area contributed by atoms with E-state index in [-0.39, 0.29) is 0 Å². The maximum absolute atomic E-state index is 11.2. The van der Waals surface area contributed by atoms with Gasteiger partial charge in [0.15, 0.2) is 0 Å². The molecule has 0 aliphatic heterocycles. The first kappa shape index (κ1) is 11.7. The van der Waals surface area contributed by atoms with Gasteiger partial charge in [-0.2, -0.15) is 0 Å². The van der Waals surface area contributed by atoms with E-state index in [9.17, 15) is 9.90 Å². The molecule has 1 atom stereocenters. The quantitative estimate of drug-likeness (QED) is 0.876. The lowest BCUT2D eigenvalue weighted by Gasteiger charge is -2.12. The molecule has 0 aliphatic rings. The molecule has 1 heterocycles. The molecule has 2 aromatic rings. The van der Waals surface area contributed by atoms with Gasteiger partial charge in [-0.05, 0) is 18.1 Å². The number of carboxylic acid groups (broad SMARTS) is 1. The Hall–Kier alpha value is -1.77. The Morgan fingerprint density at radius 2 is 2.18 bits per heavy atom. The Kier molecular flexibility index (Phi) is 3.18. The van der Waals surface area contributed by atoms with Crippen LogP contribution in [0.3, 0.4) is 0 Å². The molecule has 0 saturated heterocycles. The van der Waals surface area contributed by atoms with Gasteiger partial charge >= 0.3 is 5.97 Å². The molecule has 0 aliphatic carbocycles. The number of aromatic nitrogens is 1. The topological polar surface area (TPSA) is 42.2 Å². The number of fused-ring (bicyclic) bond motifs is 1. The summed E-state index contributed by atoms with van der Waals surface area (Å²) in [6, 6.07) is 7.39. The van der Waals surface area contributed by atoms with Gasteiger partial charge in [0.2, 0.25) is 0 Å². The number of aromatic carboxylic acids is 1. The van der Waals surface area contributed by atoms with Crippen molar-refractivity contribution in [2.75, 3.05) is 0 Å². The van der Waals surface area contributed by atoms with Crippen molar-refractivity contribution in [1.29, 1.82) is 0 Å². The zero-order valence-electron chi connectivity index (χ0n) is 10.2. The summed E-state index contributed by atoms with van der Waals surface area (Å²) in [5.41, 5.74) is 1.22. The second kappa shape index (κ2) is 4.62. The fraction of sp³-hybridized carbons (Fsp3) is 0.357. The molecule has 0 radical (unpaired) electrons. The van der Waals surface area contributed by atoms with Gasteiger partial charge in [0.05, 0.1) is 11.1 Å². The average Bonchev–Trinajstić information content (AvgIpc) is 2.72. The van der Waals surface area contributed by atoms with Crippen LogP contribution in [0.2, 0.25) is 0 Å². The predicted octanol–water partition coefficient (Wildman–Crippen LogP) is 3.39. The van der Waals surface area contributed by atoms with Gasteiger partial charge in [-0.1, -0.05) is 32.4 Å². The van der Waals surface area contributed by atoms with Crippen molar-refractivity contribution in [2.45, 2.75) is 26.8 Å². The number of nitrogens with zero attached hydrogens (tertiary/aromatic N) is 1. The number of carbonyl (C=O) groups is 1. The molecule has 3 nitrogen and oxygen atoms in total. The molecule has 17 heavy (non-hydrogen) atoms. The first-order chi connectivity index (χ1) is 8.13. The Balaban J connectivity index is 2.53. The van der Waals surface area contributed by atoms with Crippen LogP contribution >= 0.6 is 0 Å². The van der Waals surface area contributed by atoms with Crippen LogP contribution in [0, 0.1) is 5.92 Å². The van der Waals surface area contributed by atoms with Crippen molar-refractivity contribution in [3.63, 3.8) is 0 Å². The molecule has 1 N–H and O–H groups in total. The zero-order valence-corrected chi connectivity index (χ0v) is 10.2. The third kappa shape index (κ3) is 2.18. The summed E-state index contributed by atoms with van der Waals surface area (Å²) in [5.74, 6) is -0.313. The predicted molar refractivity (Wildman–Crippen MR) is 68.4 cm³/mol. The third-order valence-corrected chi connectivity index (χ3v) is 3.22. The minimum Gasteiger partial charge on any atom is -0.478 e. The first-order valence-corrected chi connectivity index (χ1v) is 5.94. The highest BCUT2D eigenvalue weighted by molar-refractivity contribution is 6.02. The Bertz CT molecular complexity index is 542. The number of para-hydroxylation sites is 1. The van der Waals surface area contributed by atoms with Crippen LogP contribution in [0.5, 0.6) is 0 Å². The molecule has 0 spiro atoms. The SMILES string of the molecule is CCC(C)Cn1ccc2cccc(C(=O)O)c21. The fourth-order valence-corrected chi connectivity index (χ4v) is 2.05. The van der Waals surface area contributed by atoms with Gasteiger partial charge < -0.3 is 9.67 Å². The molecule has 0 saturated carbocycles. The molecule has 0 fully saturated rings. The van der Waals surface area contributed by atoms with Crippen LogP contribution in [0.25, 0.3) is 10.9 Å². The molecule has 1 unspecified atom stereocenters. The Morgan fingerprint density at radius 1 is 1.41 bits per heavy atom. The van der Waals surface area contributed by atoms with E-state index in [1.807, 2.05) is 22.9 Å². The lowest BCUT2D eigenvalue weighted by molar-refractivity contribution is 0.0698. The number of carboxylic acids is 1. The Morgan fingerprint density at radius 3 is 2.82 bits per heavy atom.